The second-order valence-corrected chi connectivity index (χ2v) is 3.54. The van der Waals surface area contributed by atoms with Crippen LogP contribution in [0.25, 0.3) is 0 Å². The maximum absolute atomic E-state index is 5.31. The molecule has 6 heteroatoms. The molecule has 0 aliphatic carbocycles. The van der Waals surface area contributed by atoms with Crippen molar-refractivity contribution in [1.82, 2.24) is 10.6 Å². The van der Waals surface area contributed by atoms with Crippen LogP contribution < -0.4 is 10.6 Å². The zero-order valence-electron chi connectivity index (χ0n) is 10.1. The molecule has 0 saturated heterocycles. The number of hydrogen-bond donors (Lipinski definition) is 2. The summed E-state index contributed by atoms with van der Waals surface area (Å²) in [4.78, 5) is 0. The second-order valence-electron chi connectivity index (χ2n) is 3.13. The lowest BCUT2D eigenvalue weighted by Crippen LogP contribution is -2.37. The van der Waals surface area contributed by atoms with E-state index < -0.39 is 0 Å². The van der Waals surface area contributed by atoms with Crippen LogP contribution in [-0.2, 0) is 14.2 Å². The molecule has 0 aromatic rings. The molecule has 0 unspecified atom stereocenters. The number of thiocarbonyl (C=S) groups is 1. The Balaban J connectivity index is 3.09. The molecule has 2 N–H and O–H groups in total. The van der Waals surface area contributed by atoms with Gasteiger partial charge in [-0.1, -0.05) is 0 Å². The molecule has 16 heavy (non-hydrogen) atoms. The van der Waals surface area contributed by atoms with Gasteiger partial charge in [0.2, 0.25) is 0 Å². The van der Waals surface area contributed by atoms with Gasteiger partial charge in [0.25, 0.3) is 0 Å². The number of nitrogens with one attached hydrogen (secondary N) is 2. The van der Waals surface area contributed by atoms with E-state index in [1.54, 1.807) is 14.2 Å². The van der Waals surface area contributed by atoms with Gasteiger partial charge in [-0.2, -0.15) is 0 Å². The van der Waals surface area contributed by atoms with Gasteiger partial charge in [0.15, 0.2) is 5.11 Å². The molecule has 0 aliphatic rings. The molecule has 0 rings (SSSR count). The van der Waals surface area contributed by atoms with Crippen molar-refractivity contribution in [2.24, 2.45) is 0 Å². The molecule has 0 atom stereocenters. The maximum atomic E-state index is 5.31. The number of hydrogen-bond acceptors (Lipinski definition) is 4. The largest absolute Gasteiger partial charge is 0.383 e. The molecule has 0 aromatic carbocycles. The summed E-state index contributed by atoms with van der Waals surface area (Å²) in [5.74, 6) is 0. The van der Waals surface area contributed by atoms with Crippen LogP contribution in [0.2, 0.25) is 0 Å². The van der Waals surface area contributed by atoms with Gasteiger partial charge in [0, 0.05) is 33.9 Å². The number of ether oxygens (including phenoxy) is 3. The predicted molar refractivity (Wildman–Crippen MR) is 67.8 cm³/mol. The molecule has 0 radical (unpaired) electrons. The van der Waals surface area contributed by atoms with E-state index in [9.17, 15) is 0 Å². The zero-order chi connectivity index (χ0) is 12.1. The highest BCUT2D eigenvalue weighted by Gasteiger charge is 1.94. The van der Waals surface area contributed by atoms with E-state index >= 15 is 0 Å². The first-order valence-corrected chi connectivity index (χ1v) is 5.79. The lowest BCUT2D eigenvalue weighted by atomic mass is 10.4. The van der Waals surface area contributed by atoms with E-state index in [0.717, 1.165) is 26.1 Å². The van der Waals surface area contributed by atoms with E-state index in [-0.39, 0.29) is 0 Å². The highest BCUT2D eigenvalue weighted by atomic mass is 32.1. The van der Waals surface area contributed by atoms with E-state index in [2.05, 4.69) is 10.6 Å². The molecule has 0 amide bonds. The van der Waals surface area contributed by atoms with Gasteiger partial charge in [0.05, 0.1) is 19.8 Å². The summed E-state index contributed by atoms with van der Waals surface area (Å²) in [6.45, 7) is 4.20. The van der Waals surface area contributed by atoms with E-state index in [4.69, 9.17) is 26.4 Å². The van der Waals surface area contributed by atoms with Gasteiger partial charge < -0.3 is 24.8 Å². The zero-order valence-corrected chi connectivity index (χ0v) is 10.9. The SMILES string of the molecule is COCCNC(=S)NCCCOCCOC. The Morgan fingerprint density at radius 2 is 1.62 bits per heavy atom. The second kappa shape index (κ2) is 12.6. The maximum Gasteiger partial charge on any atom is 0.166 e. The standard InChI is InChI=1S/C10H22N2O3S/c1-13-7-5-12-10(16)11-4-3-6-15-9-8-14-2/h3-9H2,1-2H3,(H2,11,12,16). The summed E-state index contributed by atoms with van der Waals surface area (Å²) >= 11 is 5.05. The van der Waals surface area contributed by atoms with Gasteiger partial charge in [-0.25, -0.2) is 0 Å². The van der Waals surface area contributed by atoms with Crippen molar-refractivity contribution in [3.63, 3.8) is 0 Å². The van der Waals surface area contributed by atoms with Gasteiger partial charge in [-0.15, -0.1) is 0 Å². The molecule has 5 nitrogen and oxygen atoms in total. The van der Waals surface area contributed by atoms with Gasteiger partial charge >= 0.3 is 0 Å². The highest BCUT2D eigenvalue weighted by molar-refractivity contribution is 7.80. The molecular formula is C10H22N2O3S. The lowest BCUT2D eigenvalue weighted by molar-refractivity contribution is 0.0698. The molecule has 0 heterocycles. The summed E-state index contributed by atoms with van der Waals surface area (Å²) in [6, 6.07) is 0. The lowest BCUT2D eigenvalue weighted by Gasteiger charge is -2.09. The first kappa shape index (κ1) is 15.6. The van der Waals surface area contributed by atoms with E-state index in [1.807, 2.05) is 0 Å². The van der Waals surface area contributed by atoms with Gasteiger partial charge in [0.1, 0.15) is 0 Å². The number of rotatable bonds is 10. The normalized spacial score (nSPS) is 10.1. The first-order valence-electron chi connectivity index (χ1n) is 5.38. The third kappa shape index (κ3) is 11.6. The van der Waals surface area contributed by atoms with Gasteiger partial charge in [-0.05, 0) is 18.6 Å². The topological polar surface area (TPSA) is 51.8 Å². The summed E-state index contributed by atoms with van der Waals surface area (Å²) in [6.07, 6.45) is 0.926. The molecule has 0 aromatic heterocycles. The minimum Gasteiger partial charge on any atom is -0.383 e. The fraction of sp³-hybridized carbons (Fsp3) is 0.900. The van der Waals surface area contributed by atoms with Crippen molar-refractivity contribution in [3.8, 4) is 0 Å². The summed E-state index contributed by atoms with van der Waals surface area (Å²) in [5, 5.41) is 6.78. The van der Waals surface area contributed by atoms with E-state index in [1.165, 1.54) is 0 Å². The average molecular weight is 250 g/mol. The molecule has 0 fully saturated rings. The smallest absolute Gasteiger partial charge is 0.166 e. The number of methoxy groups -OCH3 is 2. The van der Waals surface area contributed by atoms with E-state index in [0.29, 0.717) is 24.9 Å². The Bertz CT molecular complexity index is 170. The Morgan fingerprint density at radius 1 is 0.938 bits per heavy atom. The molecule has 96 valence electrons. The highest BCUT2D eigenvalue weighted by Crippen LogP contribution is 1.81. The monoisotopic (exact) mass is 250 g/mol. The van der Waals surface area contributed by atoms with Crippen molar-refractivity contribution in [3.05, 3.63) is 0 Å². The van der Waals surface area contributed by atoms with Crippen molar-refractivity contribution in [2.45, 2.75) is 6.42 Å². The molecular weight excluding hydrogens is 228 g/mol. The van der Waals surface area contributed by atoms with Crippen LogP contribution in [0.15, 0.2) is 0 Å². The minimum absolute atomic E-state index is 0.643. The predicted octanol–water partition coefficient (Wildman–Crippen LogP) is 0.150. The van der Waals surface area contributed by atoms with Crippen LogP contribution in [0.5, 0.6) is 0 Å². The van der Waals surface area contributed by atoms with Crippen LogP contribution >= 0.6 is 12.2 Å². The first-order chi connectivity index (χ1) is 7.81. The van der Waals surface area contributed by atoms with Crippen LogP contribution in [0.1, 0.15) is 6.42 Å². The molecule has 0 spiro atoms. The third-order valence-electron chi connectivity index (χ3n) is 1.77. The van der Waals surface area contributed by atoms with Crippen LogP contribution in [0, 0.1) is 0 Å². The quantitative estimate of drug-likeness (QED) is 0.425. The fourth-order valence-electron chi connectivity index (χ4n) is 0.950. The molecule has 0 aliphatic heterocycles. The van der Waals surface area contributed by atoms with Gasteiger partial charge in [-0.3, -0.25) is 0 Å². The summed E-state index contributed by atoms with van der Waals surface area (Å²) in [5.41, 5.74) is 0. The third-order valence-corrected chi connectivity index (χ3v) is 2.06. The summed E-state index contributed by atoms with van der Waals surface area (Å²) in [7, 11) is 3.32. The van der Waals surface area contributed by atoms with Crippen LogP contribution in [0.3, 0.4) is 0 Å². The minimum atomic E-state index is 0.643. The Hall–Kier alpha value is -0.430. The Labute approximate surface area is 103 Å². The molecule has 0 bridgehead atoms. The van der Waals surface area contributed by atoms with Crippen molar-refractivity contribution in [2.75, 3.05) is 53.7 Å². The summed E-state index contributed by atoms with van der Waals surface area (Å²) < 4.78 is 15.1. The van der Waals surface area contributed by atoms with Crippen molar-refractivity contribution in [1.29, 1.82) is 0 Å². The Morgan fingerprint density at radius 3 is 2.31 bits per heavy atom. The van der Waals surface area contributed by atoms with Crippen molar-refractivity contribution < 1.29 is 14.2 Å². The van der Waals surface area contributed by atoms with Crippen LogP contribution in [-0.4, -0.2) is 58.8 Å². The average Bonchev–Trinajstić information content (AvgIpc) is 2.28. The Kier molecular flexibility index (Phi) is 12.3. The fourth-order valence-corrected chi connectivity index (χ4v) is 1.15. The van der Waals surface area contributed by atoms with Crippen LogP contribution in [0.4, 0.5) is 0 Å². The molecule has 0 saturated carbocycles. The van der Waals surface area contributed by atoms with Crippen molar-refractivity contribution >= 4 is 17.3 Å².